The zero-order chi connectivity index (χ0) is 28.7. The minimum absolute atomic E-state index is 0.00787. The van der Waals surface area contributed by atoms with Gasteiger partial charge in [0.15, 0.2) is 5.82 Å². The second kappa shape index (κ2) is 10.6. The molecule has 1 aliphatic carbocycles. The molecule has 1 saturated carbocycles. The molecule has 5 amide bonds. The Morgan fingerprint density at radius 1 is 1.02 bits per heavy atom. The van der Waals surface area contributed by atoms with E-state index < -0.39 is 35.5 Å². The third-order valence-corrected chi connectivity index (χ3v) is 7.70. The van der Waals surface area contributed by atoms with Gasteiger partial charge in [0.05, 0.1) is 17.5 Å². The minimum Gasteiger partial charge on any atom is -0.489 e. The monoisotopic (exact) mass is 559 g/mol. The van der Waals surface area contributed by atoms with Gasteiger partial charge in [-0.15, -0.1) is 0 Å². The van der Waals surface area contributed by atoms with Crippen LogP contribution in [0.1, 0.15) is 75.6 Å². The van der Waals surface area contributed by atoms with Crippen molar-refractivity contribution in [3.8, 4) is 5.75 Å². The van der Waals surface area contributed by atoms with Crippen LogP contribution in [0.3, 0.4) is 0 Å². The number of aromatic nitrogens is 2. The number of amides is 5. The second-order valence-electron chi connectivity index (χ2n) is 10.4. The van der Waals surface area contributed by atoms with Crippen LogP contribution < -0.4 is 15.4 Å². The molecule has 41 heavy (non-hydrogen) atoms. The molecule has 3 N–H and O–H groups in total. The molecule has 3 heterocycles. The van der Waals surface area contributed by atoms with Crippen LogP contribution in [0.5, 0.6) is 5.75 Å². The Kier molecular flexibility index (Phi) is 6.82. The van der Waals surface area contributed by atoms with Gasteiger partial charge in [0.25, 0.3) is 11.8 Å². The van der Waals surface area contributed by atoms with Crippen LogP contribution in [0.2, 0.25) is 0 Å². The average molecular weight is 560 g/mol. The van der Waals surface area contributed by atoms with E-state index >= 15 is 0 Å². The van der Waals surface area contributed by atoms with Gasteiger partial charge in [-0.05, 0) is 49.1 Å². The van der Waals surface area contributed by atoms with Crippen molar-refractivity contribution >= 4 is 35.4 Å². The highest BCUT2D eigenvalue weighted by molar-refractivity contribution is 6.23. The number of ether oxygens (including phenoxy) is 1. The van der Waals surface area contributed by atoms with Crippen LogP contribution in [-0.2, 0) is 27.4 Å². The number of halogens is 1. The summed E-state index contributed by atoms with van der Waals surface area (Å²) in [5.41, 5.74) is 1.66. The molecule has 11 nitrogen and oxygen atoms in total. The van der Waals surface area contributed by atoms with Crippen LogP contribution in [0, 0.1) is 5.82 Å². The Morgan fingerprint density at radius 2 is 1.76 bits per heavy atom. The Bertz CT molecular complexity index is 1580. The van der Waals surface area contributed by atoms with Crippen molar-refractivity contribution in [2.45, 2.75) is 57.1 Å². The molecular weight excluding hydrogens is 533 g/mol. The summed E-state index contributed by atoms with van der Waals surface area (Å²) >= 11 is 0. The highest BCUT2D eigenvalue weighted by atomic mass is 19.1. The van der Waals surface area contributed by atoms with E-state index in [1.807, 2.05) is 6.07 Å². The van der Waals surface area contributed by atoms with Gasteiger partial charge in [-0.25, -0.2) is 4.39 Å². The first-order chi connectivity index (χ1) is 19.8. The zero-order valence-electron chi connectivity index (χ0n) is 21.9. The summed E-state index contributed by atoms with van der Waals surface area (Å²) in [7, 11) is 0. The largest absolute Gasteiger partial charge is 0.489 e. The first-order valence-electron chi connectivity index (χ1n) is 13.4. The lowest BCUT2D eigenvalue weighted by Crippen LogP contribution is -2.54. The molecule has 6 rings (SSSR count). The first kappa shape index (κ1) is 26.4. The normalized spacial score (nSPS) is 18.7. The molecule has 0 bridgehead atoms. The molecule has 0 spiro atoms. The molecule has 1 aromatic heterocycles. The number of H-pyrrole nitrogens is 1. The number of fused-ring (bicyclic) bond motifs is 1. The molecule has 3 aliphatic rings. The summed E-state index contributed by atoms with van der Waals surface area (Å²) in [6.07, 6.45) is 3.60. The summed E-state index contributed by atoms with van der Waals surface area (Å²) in [6.45, 7) is -0.221. The van der Waals surface area contributed by atoms with E-state index in [2.05, 4.69) is 20.8 Å². The molecule has 1 unspecified atom stereocenters. The fourth-order valence-electron chi connectivity index (χ4n) is 5.21. The molecule has 2 aromatic carbocycles. The summed E-state index contributed by atoms with van der Waals surface area (Å²) in [5, 5.41) is 12.1. The number of nitrogens with zero attached hydrogens (tertiary/aromatic N) is 2. The standard InChI is InChI=1S/C29H26FN5O6/c30-21-12-20-19(28(39)35(29(20)40)23-8-9-25(36)32-27(23)38)11-17(21)14-41-18-6-4-15(5-7-18)10-26(37)31-24-13-22(33-34-24)16-2-1-3-16/h4-7,11-13,16,23H,1-3,8-10,14H2,(H,32,36,38)(H2,31,33,34,37). The number of imide groups is 2. The van der Waals surface area contributed by atoms with E-state index in [9.17, 15) is 28.4 Å². The third-order valence-electron chi connectivity index (χ3n) is 7.70. The lowest BCUT2D eigenvalue weighted by molar-refractivity contribution is -0.136. The van der Waals surface area contributed by atoms with Crippen molar-refractivity contribution < 1.29 is 33.1 Å². The maximum atomic E-state index is 14.9. The predicted octanol–water partition coefficient (Wildman–Crippen LogP) is 2.98. The fourth-order valence-corrected chi connectivity index (χ4v) is 5.21. The van der Waals surface area contributed by atoms with Crippen LogP contribution in [-0.4, -0.2) is 50.7 Å². The van der Waals surface area contributed by atoms with Gasteiger partial charge in [0.2, 0.25) is 17.7 Å². The fraction of sp³-hybridized carbons (Fsp3) is 0.310. The number of piperidine rings is 1. The molecule has 1 saturated heterocycles. The van der Waals surface area contributed by atoms with E-state index in [-0.39, 0.29) is 48.5 Å². The van der Waals surface area contributed by atoms with Crippen molar-refractivity contribution in [3.05, 3.63) is 76.2 Å². The highest BCUT2D eigenvalue weighted by Crippen LogP contribution is 2.36. The van der Waals surface area contributed by atoms with E-state index in [0.717, 1.165) is 35.1 Å². The van der Waals surface area contributed by atoms with E-state index in [0.29, 0.717) is 17.5 Å². The van der Waals surface area contributed by atoms with Crippen LogP contribution in [0.15, 0.2) is 42.5 Å². The van der Waals surface area contributed by atoms with E-state index in [4.69, 9.17) is 4.74 Å². The molecule has 2 aliphatic heterocycles. The topological polar surface area (TPSA) is 151 Å². The number of hydrogen-bond acceptors (Lipinski definition) is 7. The number of carbonyl (C=O) groups excluding carboxylic acids is 5. The van der Waals surface area contributed by atoms with Gasteiger partial charge in [-0.1, -0.05) is 18.6 Å². The van der Waals surface area contributed by atoms with Gasteiger partial charge < -0.3 is 10.1 Å². The van der Waals surface area contributed by atoms with Crippen LogP contribution >= 0.6 is 0 Å². The number of anilines is 1. The van der Waals surface area contributed by atoms with Gasteiger partial charge in [0, 0.05) is 29.7 Å². The number of aromatic amines is 1. The second-order valence-corrected chi connectivity index (χ2v) is 10.4. The molecule has 12 heteroatoms. The van der Waals surface area contributed by atoms with Crippen molar-refractivity contribution in [1.82, 2.24) is 20.4 Å². The molecular formula is C29H26FN5O6. The summed E-state index contributed by atoms with van der Waals surface area (Å²) in [4.78, 5) is 62.7. The Morgan fingerprint density at radius 3 is 2.44 bits per heavy atom. The maximum Gasteiger partial charge on any atom is 0.262 e. The number of hydrogen-bond donors (Lipinski definition) is 3. The zero-order valence-corrected chi connectivity index (χ0v) is 21.9. The molecule has 210 valence electrons. The molecule has 3 aromatic rings. The summed E-state index contributed by atoms with van der Waals surface area (Å²) in [5.74, 6) is -2.27. The van der Waals surface area contributed by atoms with Crippen molar-refractivity contribution in [3.63, 3.8) is 0 Å². The molecule has 2 fully saturated rings. The summed E-state index contributed by atoms with van der Waals surface area (Å²) < 4.78 is 20.6. The van der Waals surface area contributed by atoms with E-state index in [1.165, 1.54) is 12.5 Å². The quantitative estimate of drug-likeness (QED) is 0.359. The number of carbonyl (C=O) groups is 5. The minimum atomic E-state index is -1.13. The lowest BCUT2D eigenvalue weighted by atomic mass is 9.83. The number of nitrogens with one attached hydrogen (secondary N) is 3. The van der Waals surface area contributed by atoms with E-state index in [1.54, 1.807) is 24.3 Å². The Labute approximate surface area is 233 Å². The predicted molar refractivity (Wildman–Crippen MR) is 141 cm³/mol. The average Bonchev–Trinajstić information content (AvgIpc) is 3.44. The highest BCUT2D eigenvalue weighted by Gasteiger charge is 2.45. The van der Waals surface area contributed by atoms with Crippen molar-refractivity contribution in [1.29, 1.82) is 0 Å². The number of benzene rings is 2. The third kappa shape index (κ3) is 5.20. The van der Waals surface area contributed by atoms with Crippen LogP contribution in [0.25, 0.3) is 0 Å². The van der Waals surface area contributed by atoms with Crippen molar-refractivity contribution in [2.75, 3.05) is 5.32 Å². The van der Waals surface area contributed by atoms with Gasteiger partial charge in [-0.2, -0.15) is 5.10 Å². The Balaban J connectivity index is 1.06. The molecule has 0 radical (unpaired) electrons. The van der Waals surface area contributed by atoms with Crippen molar-refractivity contribution in [2.24, 2.45) is 0 Å². The van der Waals surface area contributed by atoms with Gasteiger partial charge >= 0.3 is 0 Å². The maximum absolute atomic E-state index is 14.9. The Hall–Kier alpha value is -4.87. The lowest BCUT2D eigenvalue weighted by Gasteiger charge is -2.27. The van der Waals surface area contributed by atoms with Gasteiger partial charge in [0.1, 0.15) is 24.2 Å². The molecule has 1 atom stereocenters. The number of rotatable bonds is 8. The summed E-state index contributed by atoms with van der Waals surface area (Å²) in [6, 6.07) is 9.70. The first-order valence-corrected chi connectivity index (χ1v) is 13.4. The SMILES string of the molecule is O=C1CCC(N2C(=O)c3cc(F)c(COc4ccc(CC(=O)Nc5cc(C6CCC6)[nH]n5)cc4)cc3C2=O)C(=O)N1. The van der Waals surface area contributed by atoms with Crippen LogP contribution in [0.4, 0.5) is 10.2 Å². The smallest absolute Gasteiger partial charge is 0.262 e. The van der Waals surface area contributed by atoms with Gasteiger partial charge in [-0.3, -0.25) is 39.3 Å².